The molecule has 0 spiro atoms. The quantitative estimate of drug-likeness (QED) is 0.836. The van der Waals surface area contributed by atoms with Gasteiger partial charge in [0.2, 0.25) is 0 Å². The highest BCUT2D eigenvalue weighted by Gasteiger charge is 2.13. The van der Waals surface area contributed by atoms with Crippen molar-refractivity contribution in [1.82, 2.24) is 10.1 Å². The Morgan fingerprint density at radius 2 is 2.14 bits per heavy atom. The Bertz CT molecular complexity index is 280. The predicted molar refractivity (Wildman–Crippen MR) is 59.5 cm³/mol. The average Bonchev–Trinajstić information content (AvgIpc) is 2.49. The van der Waals surface area contributed by atoms with E-state index in [0.29, 0.717) is 6.01 Å². The van der Waals surface area contributed by atoms with Gasteiger partial charge in [-0.25, -0.2) is 0 Å². The zero-order chi connectivity index (χ0) is 10.6. The van der Waals surface area contributed by atoms with Gasteiger partial charge >= 0.3 is 6.01 Å². The third-order valence-corrected chi connectivity index (χ3v) is 2.70. The fourth-order valence-corrected chi connectivity index (χ4v) is 1.50. The largest absolute Gasteiger partial charge is 0.338 e. The molecule has 14 heavy (non-hydrogen) atoms. The van der Waals surface area contributed by atoms with Gasteiger partial charge in [0.15, 0.2) is 5.82 Å². The predicted octanol–water partition coefficient (Wildman–Crippen LogP) is 2.53. The molecular formula is C9H17N3OS. The van der Waals surface area contributed by atoms with Crippen molar-refractivity contribution in [1.29, 1.82) is 0 Å². The number of hydrogen-bond acceptors (Lipinski definition) is 5. The molecule has 4 nitrogen and oxygen atoms in total. The minimum Gasteiger partial charge on any atom is -0.338 e. The zero-order valence-corrected chi connectivity index (χ0v) is 9.94. The minimum absolute atomic E-state index is 0.235. The Morgan fingerprint density at radius 3 is 2.71 bits per heavy atom. The van der Waals surface area contributed by atoms with Gasteiger partial charge in [0.25, 0.3) is 0 Å². The molecule has 1 aromatic heterocycles. The molecule has 0 fully saturated rings. The van der Waals surface area contributed by atoms with Crippen LogP contribution in [0, 0.1) is 0 Å². The van der Waals surface area contributed by atoms with Crippen molar-refractivity contribution >= 4 is 17.8 Å². The highest BCUT2D eigenvalue weighted by atomic mass is 32.2. The van der Waals surface area contributed by atoms with Crippen LogP contribution in [0.5, 0.6) is 0 Å². The van der Waals surface area contributed by atoms with Gasteiger partial charge in [-0.2, -0.15) is 4.98 Å². The molecule has 80 valence electrons. The fourth-order valence-electron chi connectivity index (χ4n) is 0.817. The Kier molecular flexibility index (Phi) is 3.80. The summed E-state index contributed by atoms with van der Waals surface area (Å²) in [6.45, 7) is 9.30. The minimum atomic E-state index is 0.235. The van der Waals surface area contributed by atoms with Crippen LogP contribution in [0.15, 0.2) is 4.52 Å². The van der Waals surface area contributed by atoms with E-state index < -0.39 is 0 Å². The molecule has 5 heteroatoms. The second kappa shape index (κ2) is 4.68. The van der Waals surface area contributed by atoms with Crippen LogP contribution in [0.3, 0.4) is 0 Å². The van der Waals surface area contributed by atoms with Gasteiger partial charge in [-0.3, -0.25) is 0 Å². The molecule has 1 N–H and O–H groups in total. The van der Waals surface area contributed by atoms with Crippen LogP contribution in [-0.4, -0.2) is 21.4 Å². The first-order chi connectivity index (χ1) is 6.51. The first kappa shape index (κ1) is 11.4. The summed E-state index contributed by atoms with van der Waals surface area (Å²) in [4.78, 5) is 4.19. The molecule has 0 bridgehead atoms. The number of rotatable bonds is 4. The molecular weight excluding hydrogens is 198 g/mol. The van der Waals surface area contributed by atoms with E-state index in [2.05, 4.69) is 36.2 Å². The van der Waals surface area contributed by atoms with E-state index in [1.807, 2.05) is 6.92 Å². The maximum atomic E-state index is 4.98. The summed E-state index contributed by atoms with van der Waals surface area (Å²) in [7, 11) is 0. The standard InChI is InChI=1S/C9H17N3OS/c1-5-10-8-11-7(12-13-8)6-14-9(2,3)4/h5-6H2,1-4H3,(H,10,11,12). The summed E-state index contributed by atoms with van der Waals surface area (Å²) >= 11 is 1.81. The lowest BCUT2D eigenvalue weighted by Crippen LogP contribution is -2.07. The normalized spacial score (nSPS) is 11.7. The van der Waals surface area contributed by atoms with Gasteiger partial charge < -0.3 is 9.84 Å². The van der Waals surface area contributed by atoms with Crippen LogP contribution in [-0.2, 0) is 5.75 Å². The van der Waals surface area contributed by atoms with Crippen LogP contribution < -0.4 is 5.32 Å². The number of hydrogen-bond donors (Lipinski definition) is 1. The lowest BCUT2D eigenvalue weighted by atomic mass is 10.3. The Balaban J connectivity index is 2.44. The first-order valence-electron chi connectivity index (χ1n) is 4.71. The van der Waals surface area contributed by atoms with Crippen LogP contribution in [0.25, 0.3) is 0 Å². The van der Waals surface area contributed by atoms with Crippen LogP contribution in [0.4, 0.5) is 6.01 Å². The number of nitrogens with zero attached hydrogens (tertiary/aromatic N) is 2. The molecule has 0 amide bonds. The highest BCUT2D eigenvalue weighted by molar-refractivity contribution is 7.99. The van der Waals surface area contributed by atoms with Crippen LogP contribution >= 0.6 is 11.8 Å². The van der Waals surface area contributed by atoms with E-state index in [1.54, 1.807) is 11.8 Å². The second-order valence-corrected chi connectivity index (χ2v) is 5.75. The number of anilines is 1. The third kappa shape index (κ3) is 4.00. The Morgan fingerprint density at radius 1 is 1.43 bits per heavy atom. The van der Waals surface area contributed by atoms with Crippen molar-refractivity contribution < 1.29 is 4.52 Å². The highest BCUT2D eigenvalue weighted by Crippen LogP contribution is 2.26. The van der Waals surface area contributed by atoms with E-state index in [9.17, 15) is 0 Å². The number of aromatic nitrogens is 2. The van der Waals surface area contributed by atoms with E-state index in [4.69, 9.17) is 4.52 Å². The average molecular weight is 215 g/mol. The molecule has 0 saturated heterocycles. The Labute approximate surface area is 88.8 Å². The van der Waals surface area contributed by atoms with Crippen LogP contribution in [0.2, 0.25) is 0 Å². The molecule has 0 aliphatic heterocycles. The van der Waals surface area contributed by atoms with Gasteiger partial charge in [-0.1, -0.05) is 25.9 Å². The van der Waals surface area contributed by atoms with E-state index in [1.165, 1.54) is 0 Å². The molecule has 0 radical (unpaired) electrons. The summed E-state index contributed by atoms with van der Waals surface area (Å²) in [6, 6.07) is 0.511. The molecule has 0 unspecified atom stereocenters. The SMILES string of the molecule is CCNc1nc(CSC(C)(C)C)no1. The lowest BCUT2D eigenvalue weighted by Gasteiger charge is -2.15. The molecule has 0 aromatic carbocycles. The molecule has 0 aliphatic rings. The molecule has 0 saturated carbocycles. The van der Waals surface area contributed by atoms with Crippen LogP contribution in [0.1, 0.15) is 33.5 Å². The van der Waals surface area contributed by atoms with Crippen molar-refractivity contribution in [3.63, 3.8) is 0 Å². The number of nitrogens with one attached hydrogen (secondary N) is 1. The molecule has 0 aliphatic carbocycles. The molecule has 1 rings (SSSR count). The van der Waals surface area contributed by atoms with Crippen molar-refractivity contribution in [2.24, 2.45) is 0 Å². The van der Waals surface area contributed by atoms with E-state index in [-0.39, 0.29) is 4.75 Å². The first-order valence-corrected chi connectivity index (χ1v) is 5.70. The molecule has 1 heterocycles. The van der Waals surface area contributed by atoms with Gasteiger partial charge in [0.05, 0.1) is 5.75 Å². The van der Waals surface area contributed by atoms with Crippen molar-refractivity contribution in [3.8, 4) is 0 Å². The summed E-state index contributed by atoms with van der Waals surface area (Å²) in [6.07, 6.45) is 0. The van der Waals surface area contributed by atoms with E-state index in [0.717, 1.165) is 18.1 Å². The summed E-state index contributed by atoms with van der Waals surface area (Å²) < 4.78 is 5.22. The second-order valence-electron chi connectivity index (χ2n) is 3.95. The lowest BCUT2D eigenvalue weighted by molar-refractivity contribution is 0.425. The third-order valence-electron chi connectivity index (χ3n) is 1.43. The van der Waals surface area contributed by atoms with Gasteiger partial charge in [0, 0.05) is 11.3 Å². The van der Waals surface area contributed by atoms with Gasteiger partial charge in [-0.15, -0.1) is 11.8 Å². The molecule has 0 atom stereocenters. The van der Waals surface area contributed by atoms with Crippen molar-refractivity contribution in [2.75, 3.05) is 11.9 Å². The topological polar surface area (TPSA) is 51.0 Å². The Hall–Kier alpha value is -0.710. The molecule has 1 aromatic rings. The summed E-state index contributed by atoms with van der Waals surface area (Å²) in [5.74, 6) is 1.54. The van der Waals surface area contributed by atoms with E-state index >= 15 is 0 Å². The smallest absolute Gasteiger partial charge is 0.321 e. The van der Waals surface area contributed by atoms with Gasteiger partial charge in [0.1, 0.15) is 0 Å². The summed E-state index contributed by atoms with van der Waals surface area (Å²) in [5, 5.41) is 6.84. The fraction of sp³-hybridized carbons (Fsp3) is 0.778. The van der Waals surface area contributed by atoms with Crippen molar-refractivity contribution in [3.05, 3.63) is 5.82 Å². The van der Waals surface area contributed by atoms with Gasteiger partial charge in [-0.05, 0) is 6.92 Å². The maximum Gasteiger partial charge on any atom is 0.321 e. The monoisotopic (exact) mass is 215 g/mol. The summed E-state index contributed by atoms with van der Waals surface area (Å²) in [5.41, 5.74) is 0. The van der Waals surface area contributed by atoms with Crippen molar-refractivity contribution in [2.45, 2.75) is 38.2 Å². The maximum absolute atomic E-state index is 4.98. The number of thioether (sulfide) groups is 1. The zero-order valence-electron chi connectivity index (χ0n) is 9.13.